The maximum Gasteiger partial charge on any atom is 0.265 e. The second kappa shape index (κ2) is 8.85. The van der Waals surface area contributed by atoms with Crippen LogP contribution in [-0.4, -0.2) is 33.5 Å². The molecule has 0 radical (unpaired) electrons. The van der Waals surface area contributed by atoms with Crippen LogP contribution in [0.4, 0.5) is 5.69 Å². The monoisotopic (exact) mass is 480 g/mol. The number of halogens is 1. The minimum Gasteiger partial charge on any atom is -0.483 e. The van der Waals surface area contributed by atoms with E-state index in [9.17, 15) is 13.2 Å². The van der Waals surface area contributed by atoms with E-state index in [1.807, 2.05) is 32.0 Å². The van der Waals surface area contributed by atoms with Gasteiger partial charge in [-0.2, -0.15) is 0 Å². The summed E-state index contributed by atoms with van der Waals surface area (Å²) >= 11 is 3.47. The molecule has 0 fully saturated rings. The average molecular weight is 481 g/mol. The average Bonchev–Trinajstić information content (AvgIpc) is 2.99. The summed E-state index contributed by atoms with van der Waals surface area (Å²) in [5, 5.41) is 0. The summed E-state index contributed by atoms with van der Waals surface area (Å²) in [5.41, 5.74) is 2.70. The van der Waals surface area contributed by atoms with Crippen molar-refractivity contribution in [3.63, 3.8) is 0 Å². The maximum atomic E-state index is 12.8. The lowest BCUT2D eigenvalue weighted by Gasteiger charge is -2.23. The van der Waals surface area contributed by atoms with E-state index in [1.54, 1.807) is 24.0 Å². The minimum absolute atomic E-state index is 0.0636. The summed E-state index contributed by atoms with van der Waals surface area (Å²) in [7, 11) is -3.53. The highest BCUT2D eigenvalue weighted by molar-refractivity contribution is 9.10. The Bertz CT molecular complexity index is 1020. The van der Waals surface area contributed by atoms with Gasteiger partial charge in [-0.3, -0.25) is 4.79 Å². The Balaban J connectivity index is 1.70. The van der Waals surface area contributed by atoms with Crippen molar-refractivity contribution >= 4 is 37.5 Å². The molecule has 0 saturated carbocycles. The third kappa shape index (κ3) is 4.82. The van der Waals surface area contributed by atoms with Gasteiger partial charge in [0.2, 0.25) is 10.0 Å². The zero-order chi connectivity index (χ0) is 21.2. The van der Waals surface area contributed by atoms with E-state index in [1.165, 1.54) is 6.07 Å². The second-order valence-corrected chi connectivity index (χ2v) is 9.89. The Morgan fingerprint density at radius 2 is 2.03 bits per heavy atom. The molecule has 2 aromatic rings. The van der Waals surface area contributed by atoms with E-state index in [0.29, 0.717) is 17.9 Å². The van der Waals surface area contributed by atoms with Gasteiger partial charge in [-0.25, -0.2) is 13.1 Å². The number of nitrogens with zero attached hydrogens (tertiary/aromatic N) is 1. The Hall–Kier alpha value is -1.90. The van der Waals surface area contributed by atoms with Crippen molar-refractivity contribution < 1.29 is 17.9 Å². The van der Waals surface area contributed by atoms with Gasteiger partial charge in [0, 0.05) is 22.7 Å². The van der Waals surface area contributed by atoms with Crippen molar-refractivity contribution in [1.82, 2.24) is 4.72 Å². The molecule has 2 aromatic carbocycles. The van der Waals surface area contributed by atoms with Crippen LogP contribution in [0.15, 0.2) is 45.8 Å². The Morgan fingerprint density at radius 3 is 2.72 bits per heavy atom. The fourth-order valence-corrected chi connectivity index (χ4v) is 5.09. The number of sulfonamides is 1. The topological polar surface area (TPSA) is 75.7 Å². The molecule has 0 aromatic heterocycles. The van der Waals surface area contributed by atoms with Crippen LogP contribution in [0.25, 0.3) is 0 Å². The molecular formula is C21H25BrN2O4S. The van der Waals surface area contributed by atoms with Gasteiger partial charge in [-0.05, 0) is 74.2 Å². The van der Waals surface area contributed by atoms with E-state index in [2.05, 4.69) is 20.7 Å². The van der Waals surface area contributed by atoms with Crippen LogP contribution in [-0.2, 0) is 21.2 Å². The molecule has 1 unspecified atom stereocenters. The molecule has 1 atom stereocenters. The van der Waals surface area contributed by atoms with Gasteiger partial charge in [0.15, 0.2) is 6.61 Å². The molecule has 0 saturated heterocycles. The first kappa shape index (κ1) is 21.8. The second-order valence-electron chi connectivity index (χ2n) is 7.20. The Morgan fingerprint density at radius 1 is 1.28 bits per heavy atom. The third-order valence-electron chi connectivity index (χ3n) is 4.88. The van der Waals surface area contributed by atoms with E-state index in [-0.39, 0.29) is 23.5 Å². The van der Waals surface area contributed by atoms with Gasteiger partial charge in [-0.15, -0.1) is 0 Å². The highest BCUT2D eigenvalue weighted by atomic mass is 79.9. The number of carbonyl (C=O) groups is 1. The van der Waals surface area contributed by atoms with Crippen LogP contribution in [0.3, 0.4) is 0 Å². The van der Waals surface area contributed by atoms with Crippen LogP contribution in [0, 0.1) is 6.92 Å². The minimum atomic E-state index is -3.53. The van der Waals surface area contributed by atoms with E-state index >= 15 is 0 Å². The SMILES string of the molecule is CCCNS(=O)(=O)c1ccc(OCC(=O)N2c3ccc(Br)cc3CC2C)c(C)c1. The largest absolute Gasteiger partial charge is 0.483 e. The Kier molecular flexibility index (Phi) is 6.65. The molecule has 1 aliphatic rings. The van der Waals surface area contributed by atoms with Crippen molar-refractivity contribution in [2.45, 2.75) is 44.6 Å². The molecule has 0 aliphatic carbocycles. The molecule has 3 rings (SSSR count). The fourth-order valence-electron chi connectivity index (χ4n) is 3.46. The van der Waals surface area contributed by atoms with Gasteiger partial charge in [0.05, 0.1) is 4.90 Å². The van der Waals surface area contributed by atoms with Gasteiger partial charge >= 0.3 is 0 Å². The van der Waals surface area contributed by atoms with Gasteiger partial charge < -0.3 is 9.64 Å². The van der Waals surface area contributed by atoms with Crippen LogP contribution in [0.1, 0.15) is 31.4 Å². The molecule has 8 heteroatoms. The summed E-state index contributed by atoms with van der Waals surface area (Å²) in [6.07, 6.45) is 1.52. The van der Waals surface area contributed by atoms with Crippen LogP contribution in [0.2, 0.25) is 0 Å². The number of nitrogens with one attached hydrogen (secondary N) is 1. The number of anilines is 1. The normalized spacial score (nSPS) is 16.0. The highest BCUT2D eigenvalue weighted by Crippen LogP contribution is 2.34. The number of amides is 1. The molecule has 0 bridgehead atoms. The van der Waals surface area contributed by atoms with Crippen molar-refractivity contribution in [2.24, 2.45) is 0 Å². The Labute approximate surface area is 180 Å². The number of hydrogen-bond donors (Lipinski definition) is 1. The first-order chi connectivity index (χ1) is 13.7. The fraction of sp³-hybridized carbons (Fsp3) is 0.381. The number of ether oxygens (including phenoxy) is 1. The first-order valence-corrected chi connectivity index (χ1v) is 11.8. The lowest BCUT2D eigenvalue weighted by Crippen LogP contribution is -2.39. The standard InChI is InChI=1S/C21H25BrN2O4S/c1-4-9-23-29(26,27)18-6-8-20(14(2)10-18)28-13-21(25)24-15(3)11-16-12-17(22)5-7-19(16)24/h5-8,10,12,15,23H,4,9,11,13H2,1-3H3. The number of hydrogen-bond acceptors (Lipinski definition) is 4. The molecule has 29 heavy (non-hydrogen) atoms. The molecule has 1 N–H and O–H groups in total. The molecule has 6 nitrogen and oxygen atoms in total. The van der Waals surface area contributed by atoms with Crippen molar-refractivity contribution in [1.29, 1.82) is 0 Å². The molecular weight excluding hydrogens is 456 g/mol. The third-order valence-corrected chi connectivity index (χ3v) is 6.83. The summed E-state index contributed by atoms with van der Waals surface area (Å²) < 4.78 is 33.8. The number of benzene rings is 2. The maximum absolute atomic E-state index is 12.8. The van der Waals surface area contributed by atoms with E-state index in [4.69, 9.17) is 4.74 Å². The number of fused-ring (bicyclic) bond motifs is 1. The van der Waals surface area contributed by atoms with Crippen LogP contribution < -0.4 is 14.4 Å². The highest BCUT2D eigenvalue weighted by Gasteiger charge is 2.31. The first-order valence-electron chi connectivity index (χ1n) is 9.56. The zero-order valence-corrected chi connectivity index (χ0v) is 19.1. The molecule has 1 aliphatic heterocycles. The lowest BCUT2D eigenvalue weighted by molar-refractivity contribution is -0.120. The van der Waals surface area contributed by atoms with E-state index in [0.717, 1.165) is 28.6 Å². The molecule has 156 valence electrons. The number of rotatable bonds is 7. The summed E-state index contributed by atoms with van der Waals surface area (Å²) in [6, 6.07) is 10.6. The van der Waals surface area contributed by atoms with Crippen LogP contribution in [0.5, 0.6) is 5.75 Å². The molecule has 1 amide bonds. The molecule has 1 heterocycles. The summed E-state index contributed by atoms with van der Waals surface area (Å²) in [5.74, 6) is 0.370. The van der Waals surface area contributed by atoms with Crippen molar-refractivity contribution in [2.75, 3.05) is 18.1 Å². The smallest absolute Gasteiger partial charge is 0.265 e. The number of carbonyl (C=O) groups excluding carboxylic acids is 1. The predicted molar refractivity (Wildman–Crippen MR) is 117 cm³/mol. The lowest BCUT2D eigenvalue weighted by atomic mass is 10.1. The van der Waals surface area contributed by atoms with Gasteiger partial charge in [-0.1, -0.05) is 22.9 Å². The zero-order valence-electron chi connectivity index (χ0n) is 16.7. The van der Waals surface area contributed by atoms with Crippen molar-refractivity contribution in [3.8, 4) is 5.75 Å². The summed E-state index contributed by atoms with van der Waals surface area (Å²) in [6.45, 7) is 5.96. The van der Waals surface area contributed by atoms with Crippen molar-refractivity contribution in [3.05, 3.63) is 52.0 Å². The van der Waals surface area contributed by atoms with E-state index < -0.39 is 10.0 Å². The summed E-state index contributed by atoms with van der Waals surface area (Å²) in [4.78, 5) is 14.8. The van der Waals surface area contributed by atoms with Gasteiger partial charge in [0.25, 0.3) is 5.91 Å². The predicted octanol–water partition coefficient (Wildman–Crippen LogP) is 3.80. The van der Waals surface area contributed by atoms with Crippen LogP contribution >= 0.6 is 15.9 Å². The molecule has 0 spiro atoms. The number of aryl methyl sites for hydroxylation is 1. The quantitative estimate of drug-likeness (QED) is 0.653. The van der Waals surface area contributed by atoms with Gasteiger partial charge in [0.1, 0.15) is 5.75 Å².